The van der Waals surface area contributed by atoms with Crippen LogP contribution < -0.4 is 10.1 Å². The first-order valence-corrected chi connectivity index (χ1v) is 9.34. The number of halogens is 2. The van der Waals surface area contributed by atoms with Crippen molar-refractivity contribution < 1.29 is 13.9 Å². The summed E-state index contributed by atoms with van der Waals surface area (Å²) in [5.41, 5.74) is 1.98. The lowest BCUT2D eigenvalue weighted by atomic mass is 9.94. The number of nitrogens with one attached hydrogen (secondary N) is 1. The summed E-state index contributed by atoms with van der Waals surface area (Å²) < 4.78 is 19.9. The maximum Gasteiger partial charge on any atom is 0.229 e. The molecule has 29 heavy (non-hydrogen) atoms. The second kappa shape index (κ2) is 8.17. The summed E-state index contributed by atoms with van der Waals surface area (Å²) in [7, 11) is 1.37. The normalized spacial score (nSPS) is 11.2. The molecule has 1 N–H and O–H groups in total. The Morgan fingerprint density at radius 1 is 1.21 bits per heavy atom. The number of benzene rings is 1. The summed E-state index contributed by atoms with van der Waals surface area (Å²) in [5, 5.41) is 3.16. The van der Waals surface area contributed by atoms with Gasteiger partial charge in [0, 0.05) is 35.1 Å². The summed E-state index contributed by atoms with van der Waals surface area (Å²) >= 11 is 6.43. The van der Waals surface area contributed by atoms with Crippen molar-refractivity contribution in [3.8, 4) is 28.1 Å². The third-order valence-corrected chi connectivity index (χ3v) is 4.63. The Morgan fingerprint density at radius 2 is 1.97 bits per heavy atom. The first-order valence-electron chi connectivity index (χ1n) is 8.96. The van der Waals surface area contributed by atoms with E-state index < -0.39 is 11.2 Å². The standard InChI is InChI=1S/C22H21ClFN3O2/c1-22(2,3)21(28)27-17-8-7-16(24)20(29-4)19(17)14-10-18(26-12-15(14)23)13-6-5-9-25-11-13/h5-12H,1-4H3,(H,27,28). The first-order chi connectivity index (χ1) is 13.7. The van der Waals surface area contributed by atoms with Gasteiger partial charge in [-0.25, -0.2) is 4.39 Å². The number of methoxy groups -OCH3 is 1. The summed E-state index contributed by atoms with van der Waals surface area (Å²) in [6, 6.07) is 8.12. The topological polar surface area (TPSA) is 64.1 Å². The van der Waals surface area contributed by atoms with Crippen molar-refractivity contribution in [2.75, 3.05) is 12.4 Å². The zero-order valence-corrected chi connectivity index (χ0v) is 17.3. The Bertz CT molecular complexity index is 1050. The minimum atomic E-state index is -0.637. The van der Waals surface area contributed by atoms with E-state index in [2.05, 4.69) is 15.3 Å². The van der Waals surface area contributed by atoms with Crippen LogP contribution in [-0.4, -0.2) is 23.0 Å². The lowest BCUT2D eigenvalue weighted by molar-refractivity contribution is -0.123. The molecule has 1 amide bonds. The molecule has 2 aromatic heterocycles. The molecule has 0 atom stereocenters. The maximum absolute atomic E-state index is 14.5. The van der Waals surface area contributed by atoms with E-state index in [0.717, 1.165) is 5.56 Å². The highest BCUT2D eigenvalue weighted by Gasteiger charge is 2.25. The molecule has 7 heteroatoms. The molecule has 0 saturated heterocycles. The van der Waals surface area contributed by atoms with Crippen LogP contribution in [0.5, 0.6) is 5.75 Å². The molecule has 0 aliphatic heterocycles. The van der Waals surface area contributed by atoms with Gasteiger partial charge in [0.25, 0.3) is 0 Å². The number of carbonyl (C=O) groups excluding carboxylic acids is 1. The van der Waals surface area contributed by atoms with Crippen LogP contribution in [0.2, 0.25) is 5.02 Å². The maximum atomic E-state index is 14.5. The zero-order valence-electron chi connectivity index (χ0n) is 16.6. The average molecular weight is 414 g/mol. The summed E-state index contributed by atoms with van der Waals surface area (Å²) in [5.74, 6) is -0.793. The van der Waals surface area contributed by atoms with Crippen LogP contribution in [0.4, 0.5) is 10.1 Å². The molecule has 0 aliphatic carbocycles. The van der Waals surface area contributed by atoms with Gasteiger partial charge in [0.1, 0.15) is 0 Å². The van der Waals surface area contributed by atoms with Crippen LogP contribution in [0.3, 0.4) is 0 Å². The Balaban J connectivity index is 2.22. The van der Waals surface area contributed by atoms with Crippen molar-refractivity contribution in [1.82, 2.24) is 9.97 Å². The smallest absolute Gasteiger partial charge is 0.229 e. The molecule has 0 spiro atoms. The summed E-state index contributed by atoms with van der Waals surface area (Å²) in [6.45, 7) is 5.38. The number of carbonyl (C=O) groups is 1. The molecule has 3 aromatic rings. The van der Waals surface area contributed by atoms with E-state index in [1.165, 1.54) is 25.4 Å². The fourth-order valence-corrected chi connectivity index (χ4v) is 2.94. The van der Waals surface area contributed by atoms with Crippen molar-refractivity contribution in [2.24, 2.45) is 5.41 Å². The van der Waals surface area contributed by atoms with E-state index >= 15 is 0 Å². The van der Waals surface area contributed by atoms with Gasteiger partial charge in [-0.1, -0.05) is 32.4 Å². The molecule has 0 unspecified atom stereocenters. The predicted molar refractivity (Wildman–Crippen MR) is 113 cm³/mol. The SMILES string of the molecule is COc1c(F)ccc(NC(=O)C(C)(C)C)c1-c1cc(-c2cccnc2)ncc1Cl. The number of aromatic nitrogens is 2. The Morgan fingerprint density at radius 3 is 2.59 bits per heavy atom. The quantitative estimate of drug-likeness (QED) is 0.605. The van der Waals surface area contributed by atoms with Crippen molar-refractivity contribution in [2.45, 2.75) is 20.8 Å². The first kappa shape index (κ1) is 20.7. The van der Waals surface area contributed by atoms with Crippen molar-refractivity contribution in [3.05, 3.63) is 59.8 Å². The van der Waals surface area contributed by atoms with Gasteiger partial charge in [-0.15, -0.1) is 0 Å². The Hall–Kier alpha value is -2.99. The van der Waals surface area contributed by atoms with E-state index in [0.29, 0.717) is 27.5 Å². The number of hydrogen-bond donors (Lipinski definition) is 1. The molecule has 5 nitrogen and oxygen atoms in total. The number of anilines is 1. The van der Waals surface area contributed by atoms with Crippen LogP contribution in [0.15, 0.2) is 48.9 Å². The minimum absolute atomic E-state index is 0.0121. The molecule has 0 aliphatic rings. The van der Waals surface area contributed by atoms with Gasteiger partial charge in [0.2, 0.25) is 5.91 Å². The molecule has 3 rings (SSSR count). The number of pyridine rings is 2. The van der Waals surface area contributed by atoms with E-state index in [9.17, 15) is 9.18 Å². The number of nitrogens with zero attached hydrogens (tertiary/aromatic N) is 2. The van der Waals surface area contributed by atoms with E-state index in [1.54, 1.807) is 45.3 Å². The van der Waals surface area contributed by atoms with Crippen molar-refractivity contribution in [3.63, 3.8) is 0 Å². The molecule has 150 valence electrons. The lowest BCUT2D eigenvalue weighted by Crippen LogP contribution is -2.28. The van der Waals surface area contributed by atoms with Crippen LogP contribution in [0, 0.1) is 11.2 Å². The fraction of sp³-hybridized carbons (Fsp3) is 0.227. The van der Waals surface area contributed by atoms with Crippen molar-refractivity contribution >= 4 is 23.2 Å². The number of amides is 1. The molecule has 0 fully saturated rings. The summed E-state index contributed by atoms with van der Waals surface area (Å²) in [6.07, 6.45) is 4.82. The highest BCUT2D eigenvalue weighted by Crippen LogP contribution is 2.43. The van der Waals surface area contributed by atoms with Crippen LogP contribution in [0.1, 0.15) is 20.8 Å². The van der Waals surface area contributed by atoms with Crippen LogP contribution in [-0.2, 0) is 4.79 Å². The second-order valence-corrected chi connectivity index (χ2v) is 7.91. The van der Waals surface area contributed by atoms with E-state index in [-0.39, 0.29) is 11.7 Å². The Kier molecular flexibility index (Phi) is 5.84. The predicted octanol–water partition coefficient (Wildman–Crippen LogP) is 5.60. The van der Waals surface area contributed by atoms with E-state index in [1.807, 2.05) is 6.07 Å². The molecule has 0 saturated carbocycles. The molecular weight excluding hydrogens is 393 g/mol. The fourth-order valence-electron chi connectivity index (χ4n) is 2.74. The van der Waals surface area contributed by atoms with Gasteiger partial charge in [-0.3, -0.25) is 14.8 Å². The highest BCUT2D eigenvalue weighted by atomic mass is 35.5. The number of rotatable bonds is 4. The van der Waals surface area contributed by atoms with Crippen LogP contribution >= 0.6 is 11.6 Å². The van der Waals surface area contributed by atoms with Gasteiger partial charge >= 0.3 is 0 Å². The molecule has 0 bridgehead atoms. The van der Waals surface area contributed by atoms with Crippen molar-refractivity contribution in [1.29, 1.82) is 0 Å². The van der Waals surface area contributed by atoms with Gasteiger partial charge in [-0.2, -0.15) is 0 Å². The zero-order chi connectivity index (χ0) is 21.2. The average Bonchev–Trinajstić information content (AvgIpc) is 2.69. The largest absolute Gasteiger partial charge is 0.493 e. The third kappa shape index (κ3) is 4.38. The molecular formula is C22H21ClFN3O2. The van der Waals surface area contributed by atoms with Gasteiger partial charge < -0.3 is 10.1 Å². The van der Waals surface area contributed by atoms with Gasteiger partial charge in [-0.05, 0) is 30.3 Å². The van der Waals surface area contributed by atoms with Gasteiger partial charge in [0.15, 0.2) is 11.6 Å². The molecule has 0 radical (unpaired) electrons. The lowest BCUT2D eigenvalue weighted by Gasteiger charge is -2.21. The van der Waals surface area contributed by atoms with E-state index in [4.69, 9.17) is 16.3 Å². The number of hydrogen-bond acceptors (Lipinski definition) is 4. The van der Waals surface area contributed by atoms with Gasteiger partial charge in [0.05, 0.1) is 29.1 Å². The summed E-state index contributed by atoms with van der Waals surface area (Å²) in [4.78, 5) is 21.0. The highest BCUT2D eigenvalue weighted by molar-refractivity contribution is 6.33. The van der Waals surface area contributed by atoms with Crippen LogP contribution in [0.25, 0.3) is 22.4 Å². The third-order valence-electron chi connectivity index (χ3n) is 4.33. The minimum Gasteiger partial charge on any atom is -0.493 e. The molecule has 1 aromatic carbocycles. The second-order valence-electron chi connectivity index (χ2n) is 7.50. The monoisotopic (exact) mass is 413 g/mol. The number of ether oxygens (including phenoxy) is 1. The molecule has 2 heterocycles. The Labute approximate surface area is 173 Å².